The summed E-state index contributed by atoms with van der Waals surface area (Å²) in [7, 11) is 0. The van der Waals surface area contributed by atoms with Crippen LogP contribution in [0.15, 0.2) is 64.3 Å². The minimum atomic E-state index is -0.118. The highest BCUT2D eigenvalue weighted by Gasteiger charge is 2.14. The number of amides is 1. The molecule has 4 aromatic rings. The first kappa shape index (κ1) is 17.4. The van der Waals surface area contributed by atoms with Gasteiger partial charge in [0.2, 0.25) is 5.91 Å². The number of thioether (sulfide) groups is 1. The third kappa shape index (κ3) is 3.73. The Balaban J connectivity index is 1.46. The van der Waals surface area contributed by atoms with E-state index >= 15 is 0 Å². The molecule has 0 aliphatic heterocycles. The average molecular weight is 379 g/mol. The fourth-order valence-corrected chi connectivity index (χ4v) is 3.47. The number of carbonyl (C=O) groups excluding carboxylic acids is 1. The van der Waals surface area contributed by atoms with Crippen molar-refractivity contribution in [3.8, 4) is 5.75 Å². The second-order valence-electron chi connectivity index (χ2n) is 5.75. The van der Waals surface area contributed by atoms with Gasteiger partial charge in [0, 0.05) is 11.1 Å². The quantitative estimate of drug-likeness (QED) is 0.392. The Hall–Kier alpha value is -3.06. The van der Waals surface area contributed by atoms with Crippen molar-refractivity contribution in [2.24, 2.45) is 0 Å². The second-order valence-corrected chi connectivity index (χ2v) is 6.71. The number of hydrogen-bond acceptors (Lipinski definition) is 6. The molecule has 0 atom stereocenters. The van der Waals surface area contributed by atoms with Gasteiger partial charge in [-0.1, -0.05) is 23.9 Å². The number of carbonyl (C=O) groups is 1. The van der Waals surface area contributed by atoms with Crippen molar-refractivity contribution in [2.45, 2.75) is 11.9 Å². The second kappa shape index (κ2) is 7.67. The molecule has 0 saturated carbocycles. The maximum atomic E-state index is 12.3. The van der Waals surface area contributed by atoms with Crippen molar-refractivity contribution >= 4 is 45.4 Å². The SMILES string of the molecule is CCOc1ccc(NC(=O)CSc2ncnc3c2oc2ccccc23)cc1. The molecule has 6 nitrogen and oxygen atoms in total. The molecule has 1 N–H and O–H groups in total. The zero-order chi connectivity index (χ0) is 18.6. The van der Waals surface area contributed by atoms with Crippen LogP contribution in [0.5, 0.6) is 5.75 Å². The van der Waals surface area contributed by atoms with E-state index in [1.165, 1.54) is 18.1 Å². The molecular weight excluding hydrogens is 362 g/mol. The van der Waals surface area contributed by atoms with Crippen LogP contribution < -0.4 is 10.1 Å². The maximum Gasteiger partial charge on any atom is 0.234 e. The maximum absolute atomic E-state index is 12.3. The lowest BCUT2D eigenvalue weighted by Gasteiger charge is -2.07. The van der Waals surface area contributed by atoms with Crippen LogP contribution in [0.2, 0.25) is 0 Å². The van der Waals surface area contributed by atoms with Crippen LogP contribution in [0.4, 0.5) is 5.69 Å². The molecule has 27 heavy (non-hydrogen) atoms. The highest BCUT2D eigenvalue weighted by Crippen LogP contribution is 2.32. The summed E-state index contributed by atoms with van der Waals surface area (Å²) < 4.78 is 11.3. The van der Waals surface area contributed by atoms with Crippen molar-refractivity contribution in [3.05, 3.63) is 54.9 Å². The zero-order valence-corrected chi connectivity index (χ0v) is 15.5. The predicted octanol–water partition coefficient (Wildman–Crippen LogP) is 4.51. The fourth-order valence-electron chi connectivity index (χ4n) is 2.74. The van der Waals surface area contributed by atoms with Gasteiger partial charge in [-0.25, -0.2) is 9.97 Å². The summed E-state index contributed by atoms with van der Waals surface area (Å²) in [5, 5.41) is 4.46. The minimum absolute atomic E-state index is 0.118. The van der Waals surface area contributed by atoms with Crippen LogP contribution >= 0.6 is 11.8 Å². The summed E-state index contributed by atoms with van der Waals surface area (Å²) in [5.74, 6) is 0.876. The lowest BCUT2D eigenvalue weighted by molar-refractivity contribution is -0.113. The normalized spacial score (nSPS) is 11.0. The number of aromatic nitrogens is 2. The Bertz CT molecular complexity index is 1090. The monoisotopic (exact) mass is 379 g/mol. The van der Waals surface area contributed by atoms with E-state index < -0.39 is 0 Å². The minimum Gasteiger partial charge on any atom is -0.494 e. The summed E-state index contributed by atoms with van der Waals surface area (Å²) in [6.45, 7) is 2.54. The number of nitrogens with one attached hydrogen (secondary N) is 1. The standard InChI is InChI=1S/C20H17N3O3S/c1-2-25-14-9-7-13(8-10-14)23-17(24)11-27-20-19-18(21-12-22-20)15-5-3-4-6-16(15)26-19/h3-10,12H,2,11H2,1H3,(H,23,24). The zero-order valence-electron chi connectivity index (χ0n) is 14.6. The molecular formula is C20H17N3O3S. The smallest absolute Gasteiger partial charge is 0.234 e. The van der Waals surface area contributed by atoms with E-state index in [1.54, 1.807) is 0 Å². The number of anilines is 1. The first-order valence-electron chi connectivity index (χ1n) is 8.52. The van der Waals surface area contributed by atoms with E-state index in [1.807, 2.05) is 55.5 Å². The van der Waals surface area contributed by atoms with Gasteiger partial charge in [-0.15, -0.1) is 0 Å². The van der Waals surface area contributed by atoms with E-state index in [2.05, 4.69) is 15.3 Å². The van der Waals surface area contributed by atoms with Gasteiger partial charge in [0.25, 0.3) is 0 Å². The molecule has 2 aromatic heterocycles. The van der Waals surface area contributed by atoms with Gasteiger partial charge in [-0.05, 0) is 43.3 Å². The third-order valence-corrected chi connectivity index (χ3v) is 4.89. The summed E-state index contributed by atoms with van der Waals surface area (Å²) in [4.78, 5) is 20.9. The van der Waals surface area contributed by atoms with E-state index in [4.69, 9.17) is 9.15 Å². The molecule has 0 bridgehead atoms. The highest BCUT2D eigenvalue weighted by molar-refractivity contribution is 8.00. The van der Waals surface area contributed by atoms with Crippen LogP contribution in [-0.2, 0) is 4.79 Å². The van der Waals surface area contributed by atoms with Gasteiger partial charge >= 0.3 is 0 Å². The molecule has 0 aliphatic rings. The van der Waals surface area contributed by atoms with Gasteiger partial charge in [0.05, 0.1) is 12.4 Å². The van der Waals surface area contributed by atoms with E-state index in [0.717, 1.165) is 27.9 Å². The molecule has 2 aromatic carbocycles. The van der Waals surface area contributed by atoms with E-state index in [-0.39, 0.29) is 11.7 Å². The number of rotatable bonds is 6. The van der Waals surface area contributed by atoms with Crippen LogP contribution in [-0.4, -0.2) is 28.2 Å². The number of hydrogen-bond donors (Lipinski definition) is 1. The molecule has 0 spiro atoms. The summed E-state index contributed by atoms with van der Waals surface area (Å²) in [5.41, 5.74) is 2.85. The molecule has 0 fully saturated rings. The first-order valence-corrected chi connectivity index (χ1v) is 9.51. The number of fused-ring (bicyclic) bond motifs is 3. The molecule has 0 aliphatic carbocycles. The van der Waals surface area contributed by atoms with Crippen molar-refractivity contribution in [1.82, 2.24) is 9.97 Å². The lowest BCUT2D eigenvalue weighted by Crippen LogP contribution is -2.14. The molecule has 2 heterocycles. The Morgan fingerprint density at radius 3 is 2.78 bits per heavy atom. The van der Waals surface area contributed by atoms with Gasteiger partial charge in [0.1, 0.15) is 28.2 Å². The lowest BCUT2D eigenvalue weighted by atomic mass is 10.2. The van der Waals surface area contributed by atoms with E-state index in [0.29, 0.717) is 17.2 Å². The molecule has 0 unspecified atom stereocenters. The Morgan fingerprint density at radius 1 is 1.15 bits per heavy atom. The van der Waals surface area contributed by atoms with Gasteiger partial charge in [-0.3, -0.25) is 4.79 Å². The van der Waals surface area contributed by atoms with E-state index in [9.17, 15) is 4.79 Å². The van der Waals surface area contributed by atoms with Crippen LogP contribution in [0.3, 0.4) is 0 Å². The van der Waals surface area contributed by atoms with Gasteiger partial charge in [0.15, 0.2) is 5.58 Å². The van der Waals surface area contributed by atoms with Crippen LogP contribution in [0.1, 0.15) is 6.92 Å². The Morgan fingerprint density at radius 2 is 1.96 bits per heavy atom. The number of furan rings is 1. The molecule has 4 rings (SSSR count). The summed E-state index contributed by atoms with van der Waals surface area (Å²) in [6.07, 6.45) is 1.50. The molecule has 1 amide bonds. The van der Waals surface area contributed by atoms with Crippen molar-refractivity contribution < 1.29 is 13.9 Å². The molecule has 0 radical (unpaired) electrons. The average Bonchev–Trinajstić information content (AvgIpc) is 3.07. The third-order valence-electron chi connectivity index (χ3n) is 3.91. The van der Waals surface area contributed by atoms with Gasteiger partial charge in [-0.2, -0.15) is 0 Å². The number of benzene rings is 2. The Kier molecular flexibility index (Phi) is 4.93. The van der Waals surface area contributed by atoms with Crippen molar-refractivity contribution in [2.75, 3.05) is 17.7 Å². The number of ether oxygens (including phenoxy) is 1. The van der Waals surface area contributed by atoms with Crippen LogP contribution in [0, 0.1) is 0 Å². The number of nitrogens with zero attached hydrogens (tertiary/aromatic N) is 2. The summed E-state index contributed by atoms with van der Waals surface area (Å²) >= 11 is 1.32. The first-order chi connectivity index (χ1) is 13.2. The van der Waals surface area contributed by atoms with Crippen LogP contribution in [0.25, 0.3) is 22.1 Å². The molecule has 136 valence electrons. The molecule has 7 heteroatoms. The summed E-state index contributed by atoms with van der Waals surface area (Å²) in [6, 6.07) is 15.0. The highest BCUT2D eigenvalue weighted by atomic mass is 32.2. The topological polar surface area (TPSA) is 77.2 Å². The predicted molar refractivity (Wildman–Crippen MR) is 106 cm³/mol. The number of para-hydroxylation sites is 1. The van der Waals surface area contributed by atoms with Crippen molar-refractivity contribution in [3.63, 3.8) is 0 Å². The fraction of sp³-hybridized carbons (Fsp3) is 0.150. The van der Waals surface area contributed by atoms with Gasteiger partial charge < -0.3 is 14.5 Å². The van der Waals surface area contributed by atoms with Crippen molar-refractivity contribution in [1.29, 1.82) is 0 Å². The largest absolute Gasteiger partial charge is 0.494 e. The molecule has 0 saturated heterocycles. The Labute approximate surface area is 159 Å².